The van der Waals surface area contributed by atoms with Gasteiger partial charge >= 0.3 is 12.6 Å². The second-order valence-electron chi connectivity index (χ2n) is 5.56. The van der Waals surface area contributed by atoms with Gasteiger partial charge in [-0.2, -0.15) is 8.78 Å². The van der Waals surface area contributed by atoms with Gasteiger partial charge in [-0.3, -0.25) is 9.69 Å². The number of carbonyl (C=O) groups is 1. The second-order valence-corrected chi connectivity index (χ2v) is 5.56. The molecular formula is C15H16F2N4O3. The van der Waals surface area contributed by atoms with Gasteiger partial charge in [-0.1, -0.05) is 12.1 Å². The Bertz CT molecular complexity index is 733. The van der Waals surface area contributed by atoms with Gasteiger partial charge < -0.3 is 14.4 Å². The number of halogens is 2. The lowest BCUT2D eigenvalue weighted by Gasteiger charge is -2.33. The van der Waals surface area contributed by atoms with Crippen molar-refractivity contribution in [3.8, 4) is 5.75 Å². The molecule has 0 aliphatic carbocycles. The Labute approximate surface area is 136 Å². The van der Waals surface area contributed by atoms with E-state index in [0.717, 1.165) is 5.56 Å². The van der Waals surface area contributed by atoms with E-state index in [4.69, 9.17) is 0 Å². The molecule has 0 saturated heterocycles. The highest BCUT2D eigenvalue weighted by atomic mass is 19.3. The number of aromatic nitrogens is 3. The second kappa shape index (κ2) is 6.52. The lowest BCUT2D eigenvalue weighted by molar-refractivity contribution is -0.145. The van der Waals surface area contributed by atoms with Crippen LogP contribution in [-0.4, -0.2) is 43.4 Å². The van der Waals surface area contributed by atoms with E-state index >= 15 is 0 Å². The molecule has 0 spiro atoms. The van der Waals surface area contributed by atoms with Gasteiger partial charge in [0, 0.05) is 6.54 Å². The summed E-state index contributed by atoms with van der Waals surface area (Å²) in [6.45, 7) is -0.0997. The molecule has 1 aromatic carbocycles. The van der Waals surface area contributed by atoms with Crippen LogP contribution in [0.1, 0.15) is 17.2 Å². The van der Waals surface area contributed by atoms with Crippen LogP contribution < -0.4 is 4.74 Å². The molecule has 2 aromatic rings. The molecule has 0 fully saturated rings. The minimum atomic E-state index is -2.87. The normalized spacial score (nSPS) is 17.8. The minimum absolute atomic E-state index is 0.0672. The lowest BCUT2D eigenvalue weighted by atomic mass is 10.1. The fourth-order valence-corrected chi connectivity index (χ4v) is 2.77. The molecule has 3 rings (SSSR count). The third kappa shape index (κ3) is 3.35. The van der Waals surface area contributed by atoms with Crippen molar-refractivity contribution in [2.24, 2.45) is 0 Å². The van der Waals surface area contributed by atoms with E-state index < -0.39 is 18.6 Å². The predicted molar refractivity (Wildman–Crippen MR) is 78.5 cm³/mol. The number of hydrogen-bond acceptors (Lipinski definition) is 5. The zero-order valence-corrected chi connectivity index (χ0v) is 12.9. The van der Waals surface area contributed by atoms with Crippen molar-refractivity contribution in [1.82, 2.24) is 19.7 Å². The highest BCUT2D eigenvalue weighted by Crippen LogP contribution is 2.22. The summed E-state index contributed by atoms with van der Waals surface area (Å²) in [6, 6.07) is 5.45. The van der Waals surface area contributed by atoms with Gasteiger partial charge in [0.1, 0.15) is 23.4 Å². The minimum Gasteiger partial charge on any atom is -0.480 e. The topological polar surface area (TPSA) is 80.5 Å². The molecular weight excluding hydrogens is 322 g/mol. The van der Waals surface area contributed by atoms with E-state index in [-0.39, 0.29) is 12.3 Å². The molecule has 1 atom stereocenters. The summed E-state index contributed by atoms with van der Waals surface area (Å²) >= 11 is 0. The van der Waals surface area contributed by atoms with Crippen molar-refractivity contribution >= 4 is 5.97 Å². The summed E-state index contributed by atoms with van der Waals surface area (Å²) in [5.41, 5.74) is 0.799. The molecule has 1 N–H and O–H groups in total. The Morgan fingerprint density at radius 2 is 2.08 bits per heavy atom. The first-order valence-electron chi connectivity index (χ1n) is 7.33. The van der Waals surface area contributed by atoms with E-state index in [1.54, 1.807) is 28.5 Å². The number of aliphatic carboxylic acids is 1. The monoisotopic (exact) mass is 338 g/mol. The molecule has 1 aliphatic rings. The van der Waals surface area contributed by atoms with Crippen molar-refractivity contribution in [2.75, 3.05) is 0 Å². The van der Waals surface area contributed by atoms with Crippen LogP contribution in [0.4, 0.5) is 8.78 Å². The van der Waals surface area contributed by atoms with Crippen LogP contribution in [0.25, 0.3) is 0 Å². The number of hydrogen-bond donors (Lipinski definition) is 1. The van der Waals surface area contributed by atoms with Gasteiger partial charge in [0.15, 0.2) is 0 Å². The van der Waals surface area contributed by atoms with Gasteiger partial charge in [0.25, 0.3) is 0 Å². The zero-order valence-electron chi connectivity index (χ0n) is 12.9. The van der Waals surface area contributed by atoms with E-state index in [1.165, 1.54) is 12.1 Å². The van der Waals surface area contributed by atoms with Crippen molar-refractivity contribution in [2.45, 2.75) is 39.2 Å². The first-order valence-corrected chi connectivity index (χ1v) is 7.33. The summed E-state index contributed by atoms with van der Waals surface area (Å²) in [4.78, 5) is 13.3. The van der Waals surface area contributed by atoms with Crippen LogP contribution in [0.5, 0.6) is 5.75 Å². The molecule has 0 bridgehead atoms. The van der Waals surface area contributed by atoms with Gasteiger partial charge in [-0.05, 0) is 24.6 Å². The Kier molecular flexibility index (Phi) is 4.43. The Hall–Kier alpha value is -2.55. The van der Waals surface area contributed by atoms with Gasteiger partial charge in [0.2, 0.25) is 0 Å². The van der Waals surface area contributed by atoms with Crippen molar-refractivity contribution < 1.29 is 23.4 Å². The number of carboxylic acids is 1. The van der Waals surface area contributed by atoms with E-state index in [0.29, 0.717) is 24.7 Å². The molecule has 9 heteroatoms. The molecule has 0 amide bonds. The molecule has 0 radical (unpaired) electrons. The number of alkyl halides is 2. The first-order chi connectivity index (χ1) is 11.4. The van der Waals surface area contributed by atoms with Crippen LogP contribution >= 0.6 is 0 Å². The average Bonchev–Trinajstić information content (AvgIpc) is 2.88. The first kappa shape index (κ1) is 16.3. The maximum atomic E-state index is 12.2. The van der Waals surface area contributed by atoms with Gasteiger partial charge in [0.05, 0.1) is 13.1 Å². The number of aryl methyl sites for hydroxylation is 1. The molecule has 7 nitrogen and oxygen atoms in total. The fraction of sp³-hybridized carbons (Fsp3) is 0.400. The molecule has 1 aromatic heterocycles. The average molecular weight is 338 g/mol. The van der Waals surface area contributed by atoms with Crippen LogP contribution in [-0.2, 0) is 24.4 Å². The quantitative estimate of drug-likeness (QED) is 0.893. The number of fused-ring (bicyclic) bond motifs is 1. The summed E-state index contributed by atoms with van der Waals surface area (Å²) < 4.78 is 30.4. The van der Waals surface area contributed by atoms with Crippen LogP contribution in [0, 0.1) is 6.92 Å². The van der Waals surface area contributed by atoms with Crippen LogP contribution in [0.3, 0.4) is 0 Å². The molecule has 0 saturated carbocycles. The SMILES string of the molecule is Cc1nnc2n1CC(C(=O)O)N(Cc1ccc(OC(F)F)cc1)C2. The van der Waals surface area contributed by atoms with Crippen molar-refractivity contribution in [3.63, 3.8) is 0 Å². The highest BCUT2D eigenvalue weighted by molar-refractivity contribution is 5.73. The fourth-order valence-electron chi connectivity index (χ4n) is 2.77. The van der Waals surface area contributed by atoms with Crippen molar-refractivity contribution in [3.05, 3.63) is 41.5 Å². The summed E-state index contributed by atoms with van der Waals surface area (Å²) in [5, 5.41) is 17.5. The molecule has 2 heterocycles. The number of rotatable bonds is 5. The van der Waals surface area contributed by atoms with Gasteiger partial charge in [-0.15, -0.1) is 10.2 Å². The van der Waals surface area contributed by atoms with E-state index in [2.05, 4.69) is 14.9 Å². The smallest absolute Gasteiger partial charge is 0.387 e. The summed E-state index contributed by atoms with van der Waals surface area (Å²) in [7, 11) is 0. The lowest BCUT2D eigenvalue weighted by Crippen LogP contribution is -2.47. The summed E-state index contributed by atoms with van der Waals surface area (Å²) in [6.07, 6.45) is 0. The predicted octanol–water partition coefficient (Wildman–Crippen LogP) is 1.66. The zero-order chi connectivity index (χ0) is 17.3. The van der Waals surface area contributed by atoms with Gasteiger partial charge in [-0.25, -0.2) is 0 Å². The van der Waals surface area contributed by atoms with E-state index in [1.807, 2.05) is 0 Å². The molecule has 128 valence electrons. The highest BCUT2D eigenvalue weighted by Gasteiger charge is 2.33. The number of carboxylic acid groups (broad SMARTS) is 1. The number of nitrogens with zero attached hydrogens (tertiary/aromatic N) is 4. The molecule has 24 heavy (non-hydrogen) atoms. The standard InChI is InChI=1S/C15H16F2N4O3/c1-9-18-19-13-8-20(12(14(22)23)7-21(9)13)6-10-2-4-11(5-3-10)24-15(16)17/h2-5,12,15H,6-8H2,1H3,(H,22,23). The summed E-state index contributed by atoms with van der Waals surface area (Å²) in [5.74, 6) is 0.538. The Balaban J connectivity index is 1.76. The van der Waals surface area contributed by atoms with E-state index in [9.17, 15) is 18.7 Å². The molecule has 1 unspecified atom stereocenters. The van der Waals surface area contributed by atoms with Crippen LogP contribution in [0.2, 0.25) is 0 Å². The Morgan fingerprint density at radius 3 is 2.71 bits per heavy atom. The number of benzene rings is 1. The van der Waals surface area contributed by atoms with Crippen LogP contribution in [0.15, 0.2) is 24.3 Å². The molecule has 1 aliphatic heterocycles. The Morgan fingerprint density at radius 1 is 1.38 bits per heavy atom. The largest absolute Gasteiger partial charge is 0.480 e. The third-order valence-electron chi connectivity index (χ3n) is 3.97. The maximum absolute atomic E-state index is 12.2. The number of ether oxygens (including phenoxy) is 1. The third-order valence-corrected chi connectivity index (χ3v) is 3.97. The van der Waals surface area contributed by atoms with Crippen molar-refractivity contribution in [1.29, 1.82) is 0 Å². The maximum Gasteiger partial charge on any atom is 0.387 e.